The van der Waals surface area contributed by atoms with Crippen LogP contribution in [0.4, 0.5) is 22.0 Å². The zero-order valence-electron chi connectivity index (χ0n) is 8.62. The van der Waals surface area contributed by atoms with E-state index < -0.39 is 40.4 Å². The lowest BCUT2D eigenvalue weighted by Gasteiger charge is -2.06. The van der Waals surface area contributed by atoms with Crippen LogP contribution in [-0.2, 0) is 0 Å². The molecule has 17 heavy (non-hydrogen) atoms. The Kier molecular flexibility index (Phi) is 4.50. The van der Waals surface area contributed by atoms with Gasteiger partial charge in [-0.15, -0.1) is 0 Å². The van der Waals surface area contributed by atoms with Crippen molar-refractivity contribution in [1.82, 2.24) is 0 Å². The number of ketones is 1. The van der Waals surface area contributed by atoms with Crippen LogP contribution in [-0.4, -0.2) is 17.8 Å². The normalized spacial score (nSPS) is 10.7. The molecule has 0 saturated carbocycles. The molecule has 1 aromatic rings. The molecule has 0 N–H and O–H groups in total. The lowest BCUT2D eigenvalue weighted by Crippen LogP contribution is -2.13. The van der Waals surface area contributed by atoms with Crippen molar-refractivity contribution in [2.24, 2.45) is 0 Å². The standard InChI is InChI=1S/C10H7F5OS/c1-17-3-2-4(16)5-6(11)8(13)10(15)9(14)7(5)12/h2-3H2,1H3. The van der Waals surface area contributed by atoms with Crippen molar-refractivity contribution in [2.45, 2.75) is 6.42 Å². The summed E-state index contributed by atoms with van der Waals surface area (Å²) in [5, 5.41) is 0. The number of carbonyl (C=O) groups excluding carboxylic acids is 1. The second-order valence-corrected chi connectivity index (χ2v) is 4.10. The summed E-state index contributed by atoms with van der Waals surface area (Å²) in [5.41, 5.74) is -1.37. The summed E-state index contributed by atoms with van der Waals surface area (Å²) in [5.74, 6) is -11.5. The van der Waals surface area contributed by atoms with Gasteiger partial charge >= 0.3 is 0 Å². The molecule has 7 heteroatoms. The van der Waals surface area contributed by atoms with E-state index in [4.69, 9.17) is 0 Å². The highest BCUT2D eigenvalue weighted by Crippen LogP contribution is 2.24. The molecule has 0 atom stereocenters. The van der Waals surface area contributed by atoms with Crippen LogP contribution in [0.5, 0.6) is 0 Å². The lowest BCUT2D eigenvalue weighted by molar-refractivity contribution is 0.0978. The SMILES string of the molecule is CSCCC(=O)c1c(F)c(F)c(F)c(F)c1F. The molecule has 0 aliphatic heterocycles. The van der Waals surface area contributed by atoms with Gasteiger partial charge < -0.3 is 0 Å². The van der Waals surface area contributed by atoms with Crippen LogP contribution in [0.25, 0.3) is 0 Å². The molecule has 0 aliphatic rings. The fourth-order valence-electron chi connectivity index (χ4n) is 1.17. The van der Waals surface area contributed by atoms with Crippen molar-refractivity contribution >= 4 is 17.5 Å². The minimum Gasteiger partial charge on any atom is -0.294 e. The van der Waals surface area contributed by atoms with Crippen LogP contribution < -0.4 is 0 Å². The van der Waals surface area contributed by atoms with Gasteiger partial charge in [-0.1, -0.05) is 0 Å². The molecule has 0 heterocycles. The Balaban J connectivity index is 3.29. The highest BCUT2D eigenvalue weighted by Gasteiger charge is 2.29. The first kappa shape index (κ1) is 14.0. The summed E-state index contributed by atoms with van der Waals surface area (Å²) in [6, 6.07) is 0. The number of hydrogen-bond acceptors (Lipinski definition) is 2. The van der Waals surface area contributed by atoms with E-state index in [1.54, 1.807) is 6.26 Å². The van der Waals surface area contributed by atoms with Gasteiger partial charge in [0.05, 0.1) is 5.56 Å². The molecule has 0 saturated heterocycles. The Morgan fingerprint density at radius 2 is 1.35 bits per heavy atom. The molecular formula is C10H7F5OS. The van der Waals surface area contributed by atoms with Crippen molar-refractivity contribution in [3.8, 4) is 0 Å². The molecule has 0 fully saturated rings. The third kappa shape index (κ3) is 2.59. The molecule has 1 rings (SSSR count). The number of hydrogen-bond donors (Lipinski definition) is 0. The molecule has 94 valence electrons. The Morgan fingerprint density at radius 3 is 1.76 bits per heavy atom. The summed E-state index contributed by atoms with van der Waals surface area (Å²) in [7, 11) is 0. The third-order valence-electron chi connectivity index (χ3n) is 2.02. The molecule has 0 amide bonds. The predicted octanol–water partition coefficient (Wildman–Crippen LogP) is 3.32. The Morgan fingerprint density at radius 1 is 0.941 bits per heavy atom. The Hall–Kier alpha value is -1.11. The molecule has 1 aromatic carbocycles. The average molecular weight is 270 g/mol. The second kappa shape index (κ2) is 5.48. The zero-order chi connectivity index (χ0) is 13.2. The molecular weight excluding hydrogens is 263 g/mol. The largest absolute Gasteiger partial charge is 0.294 e. The maximum absolute atomic E-state index is 13.1. The number of rotatable bonds is 4. The predicted molar refractivity (Wildman–Crippen MR) is 53.6 cm³/mol. The summed E-state index contributed by atoms with van der Waals surface area (Å²) >= 11 is 1.22. The fraction of sp³-hybridized carbons (Fsp3) is 0.300. The molecule has 0 aliphatic carbocycles. The van der Waals surface area contributed by atoms with Gasteiger partial charge in [0.25, 0.3) is 0 Å². The number of Topliss-reactive ketones (excluding diaryl/α,β-unsaturated/α-hetero) is 1. The van der Waals surface area contributed by atoms with Gasteiger partial charge in [0.2, 0.25) is 5.82 Å². The molecule has 0 bridgehead atoms. The first-order chi connectivity index (χ1) is 7.91. The molecule has 0 spiro atoms. The highest BCUT2D eigenvalue weighted by atomic mass is 32.2. The number of thioether (sulfide) groups is 1. The third-order valence-corrected chi connectivity index (χ3v) is 2.63. The van der Waals surface area contributed by atoms with E-state index in [9.17, 15) is 26.7 Å². The lowest BCUT2D eigenvalue weighted by atomic mass is 10.1. The topological polar surface area (TPSA) is 17.1 Å². The zero-order valence-corrected chi connectivity index (χ0v) is 9.44. The van der Waals surface area contributed by atoms with Crippen LogP contribution in [0.3, 0.4) is 0 Å². The van der Waals surface area contributed by atoms with E-state index in [0.717, 1.165) is 0 Å². The van der Waals surface area contributed by atoms with Gasteiger partial charge in [0, 0.05) is 12.2 Å². The molecule has 0 unspecified atom stereocenters. The minimum atomic E-state index is -2.26. The monoisotopic (exact) mass is 270 g/mol. The van der Waals surface area contributed by atoms with Gasteiger partial charge in [-0.3, -0.25) is 4.79 Å². The van der Waals surface area contributed by atoms with E-state index in [1.165, 1.54) is 11.8 Å². The minimum absolute atomic E-state index is 0.234. The van der Waals surface area contributed by atoms with Crippen molar-refractivity contribution in [1.29, 1.82) is 0 Å². The van der Waals surface area contributed by atoms with E-state index in [0.29, 0.717) is 0 Å². The van der Waals surface area contributed by atoms with E-state index in [-0.39, 0.29) is 12.2 Å². The number of carbonyl (C=O) groups is 1. The molecule has 1 nitrogen and oxygen atoms in total. The van der Waals surface area contributed by atoms with Crippen molar-refractivity contribution in [3.63, 3.8) is 0 Å². The van der Waals surface area contributed by atoms with Crippen molar-refractivity contribution in [2.75, 3.05) is 12.0 Å². The van der Waals surface area contributed by atoms with E-state index >= 15 is 0 Å². The van der Waals surface area contributed by atoms with Gasteiger partial charge in [-0.05, 0) is 6.26 Å². The number of benzene rings is 1. The Labute approximate surface area is 98.0 Å². The van der Waals surface area contributed by atoms with Crippen LogP contribution in [0.2, 0.25) is 0 Å². The summed E-state index contributed by atoms with van der Waals surface area (Å²) in [6.45, 7) is 0. The first-order valence-corrected chi connectivity index (χ1v) is 5.84. The van der Waals surface area contributed by atoms with Crippen molar-refractivity contribution < 1.29 is 26.7 Å². The summed E-state index contributed by atoms with van der Waals surface area (Å²) in [6.07, 6.45) is 1.35. The maximum atomic E-state index is 13.1. The van der Waals surface area contributed by atoms with Gasteiger partial charge in [-0.25, -0.2) is 22.0 Å². The fourth-order valence-corrected chi connectivity index (χ4v) is 1.56. The Bertz CT molecular complexity index is 431. The summed E-state index contributed by atoms with van der Waals surface area (Å²) in [4.78, 5) is 11.3. The smallest absolute Gasteiger partial charge is 0.200 e. The van der Waals surface area contributed by atoms with Gasteiger partial charge in [0.1, 0.15) is 0 Å². The van der Waals surface area contributed by atoms with Crippen LogP contribution in [0, 0.1) is 29.1 Å². The molecule has 0 radical (unpaired) electrons. The van der Waals surface area contributed by atoms with Gasteiger partial charge in [-0.2, -0.15) is 11.8 Å². The van der Waals surface area contributed by atoms with Crippen LogP contribution >= 0.6 is 11.8 Å². The van der Waals surface area contributed by atoms with Crippen LogP contribution in [0.1, 0.15) is 16.8 Å². The summed E-state index contributed by atoms with van der Waals surface area (Å²) < 4.78 is 64.5. The van der Waals surface area contributed by atoms with E-state index in [1.807, 2.05) is 0 Å². The quantitative estimate of drug-likeness (QED) is 0.361. The highest BCUT2D eigenvalue weighted by molar-refractivity contribution is 7.98. The van der Waals surface area contributed by atoms with E-state index in [2.05, 4.69) is 0 Å². The maximum Gasteiger partial charge on any atom is 0.200 e. The second-order valence-electron chi connectivity index (χ2n) is 3.11. The van der Waals surface area contributed by atoms with Crippen LogP contribution in [0.15, 0.2) is 0 Å². The first-order valence-electron chi connectivity index (χ1n) is 4.45. The van der Waals surface area contributed by atoms with Crippen molar-refractivity contribution in [3.05, 3.63) is 34.6 Å². The molecule has 0 aromatic heterocycles. The number of halogens is 5. The van der Waals surface area contributed by atoms with Gasteiger partial charge in [0.15, 0.2) is 29.1 Å². The average Bonchev–Trinajstić information content (AvgIpc) is 2.31.